The summed E-state index contributed by atoms with van der Waals surface area (Å²) < 4.78 is 5.21. The average Bonchev–Trinajstić information content (AvgIpc) is 2.40. The van der Waals surface area contributed by atoms with Crippen LogP contribution in [0.25, 0.3) is 0 Å². The molecular weight excluding hydrogens is 252 g/mol. The molecule has 0 aromatic carbocycles. The summed E-state index contributed by atoms with van der Waals surface area (Å²) in [5, 5.41) is 4.80. The molecule has 1 aliphatic rings. The first-order chi connectivity index (χ1) is 8.75. The molecular formula is C11H14N4O2S. The summed E-state index contributed by atoms with van der Waals surface area (Å²) in [4.78, 5) is 15.7. The van der Waals surface area contributed by atoms with Gasteiger partial charge in [0.1, 0.15) is 0 Å². The van der Waals surface area contributed by atoms with Crippen LogP contribution in [0.3, 0.4) is 0 Å². The monoisotopic (exact) mass is 266 g/mol. The number of hydrogen-bond acceptors (Lipinski definition) is 5. The molecule has 0 spiro atoms. The zero-order valence-corrected chi connectivity index (χ0v) is 10.6. The highest BCUT2D eigenvalue weighted by atomic mass is 32.1. The molecule has 0 unspecified atom stereocenters. The van der Waals surface area contributed by atoms with E-state index in [1.165, 1.54) is 6.20 Å². The molecule has 1 aromatic rings. The SMILES string of the molecule is O=C(NC(=S)NN1CCOCC1)c1cccnc1. The molecule has 18 heavy (non-hydrogen) atoms. The van der Waals surface area contributed by atoms with Crippen LogP contribution in [0.1, 0.15) is 10.4 Å². The Bertz CT molecular complexity index is 420. The maximum Gasteiger partial charge on any atom is 0.259 e. The van der Waals surface area contributed by atoms with E-state index in [-0.39, 0.29) is 11.0 Å². The van der Waals surface area contributed by atoms with Crippen LogP contribution < -0.4 is 10.7 Å². The normalized spacial score (nSPS) is 16.0. The standard InChI is InChI=1S/C11H14N4O2S/c16-10(9-2-1-3-12-8-9)13-11(18)14-15-4-6-17-7-5-15/h1-3,8H,4-7H2,(H2,13,14,16,18). The van der Waals surface area contributed by atoms with Crippen molar-refractivity contribution >= 4 is 23.2 Å². The van der Waals surface area contributed by atoms with Crippen LogP contribution in [0.2, 0.25) is 0 Å². The number of hydrazine groups is 1. The van der Waals surface area contributed by atoms with E-state index in [0.29, 0.717) is 18.8 Å². The third kappa shape index (κ3) is 3.73. The van der Waals surface area contributed by atoms with Crippen molar-refractivity contribution in [1.29, 1.82) is 0 Å². The maximum absolute atomic E-state index is 11.8. The van der Waals surface area contributed by atoms with E-state index in [1.54, 1.807) is 18.3 Å². The van der Waals surface area contributed by atoms with Gasteiger partial charge in [-0.3, -0.25) is 20.5 Å². The fraction of sp³-hybridized carbons (Fsp3) is 0.364. The van der Waals surface area contributed by atoms with Crippen molar-refractivity contribution < 1.29 is 9.53 Å². The number of ether oxygens (including phenoxy) is 1. The zero-order chi connectivity index (χ0) is 12.8. The Morgan fingerprint density at radius 3 is 2.89 bits per heavy atom. The molecule has 0 atom stereocenters. The van der Waals surface area contributed by atoms with Gasteiger partial charge in [-0.1, -0.05) is 0 Å². The van der Waals surface area contributed by atoms with Crippen molar-refractivity contribution in [3.05, 3.63) is 30.1 Å². The topological polar surface area (TPSA) is 66.5 Å². The smallest absolute Gasteiger partial charge is 0.259 e. The van der Waals surface area contributed by atoms with Gasteiger partial charge in [0.05, 0.1) is 18.8 Å². The van der Waals surface area contributed by atoms with Gasteiger partial charge in [0.25, 0.3) is 5.91 Å². The minimum Gasteiger partial charge on any atom is -0.379 e. The largest absolute Gasteiger partial charge is 0.379 e. The van der Waals surface area contributed by atoms with Gasteiger partial charge in [0, 0.05) is 25.5 Å². The van der Waals surface area contributed by atoms with Crippen LogP contribution in [0, 0.1) is 0 Å². The van der Waals surface area contributed by atoms with Crippen LogP contribution in [0.15, 0.2) is 24.5 Å². The van der Waals surface area contributed by atoms with Gasteiger partial charge < -0.3 is 4.74 Å². The molecule has 1 aromatic heterocycles. The van der Waals surface area contributed by atoms with E-state index in [2.05, 4.69) is 15.7 Å². The van der Waals surface area contributed by atoms with Gasteiger partial charge in [0.15, 0.2) is 5.11 Å². The molecule has 0 aliphatic carbocycles. The summed E-state index contributed by atoms with van der Waals surface area (Å²) >= 11 is 5.07. The highest BCUT2D eigenvalue weighted by molar-refractivity contribution is 7.80. The Hall–Kier alpha value is -1.57. The lowest BCUT2D eigenvalue weighted by atomic mass is 10.3. The summed E-state index contributed by atoms with van der Waals surface area (Å²) in [7, 11) is 0. The van der Waals surface area contributed by atoms with Crippen molar-refractivity contribution in [1.82, 2.24) is 20.7 Å². The molecule has 0 saturated carbocycles. The Morgan fingerprint density at radius 1 is 1.44 bits per heavy atom. The summed E-state index contributed by atoms with van der Waals surface area (Å²) in [5.41, 5.74) is 3.43. The number of carbonyl (C=O) groups excluding carboxylic acids is 1. The van der Waals surface area contributed by atoms with Crippen molar-refractivity contribution in [2.45, 2.75) is 0 Å². The number of morpholine rings is 1. The molecule has 7 heteroatoms. The molecule has 2 heterocycles. The number of hydrogen-bond donors (Lipinski definition) is 2. The third-order valence-corrected chi connectivity index (χ3v) is 2.61. The Kier molecular flexibility index (Phi) is 4.57. The second kappa shape index (κ2) is 6.39. The van der Waals surface area contributed by atoms with Crippen LogP contribution in [-0.2, 0) is 4.74 Å². The predicted molar refractivity (Wildman–Crippen MR) is 69.8 cm³/mol. The van der Waals surface area contributed by atoms with Crippen LogP contribution in [0.4, 0.5) is 0 Å². The van der Waals surface area contributed by atoms with E-state index >= 15 is 0 Å². The second-order valence-electron chi connectivity index (χ2n) is 3.74. The lowest BCUT2D eigenvalue weighted by molar-refractivity contribution is 0.0247. The van der Waals surface area contributed by atoms with Gasteiger partial charge in [-0.05, 0) is 24.4 Å². The first-order valence-electron chi connectivity index (χ1n) is 5.60. The van der Waals surface area contributed by atoms with E-state index < -0.39 is 0 Å². The molecule has 0 radical (unpaired) electrons. The number of amides is 1. The van der Waals surface area contributed by atoms with Gasteiger partial charge in [-0.15, -0.1) is 0 Å². The number of carbonyl (C=O) groups is 1. The average molecular weight is 266 g/mol. The molecule has 0 bridgehead atoms. The number of aromatic nitrogens is 1. The van der Waals surface area contributed by atoms with Crippen molar-refractivity contribution in [2.75, 3.05) is 26.3 Å². The van der Waals surface area contributed by atoms with Gasteiger partial charge in [-0.25, -0.2) is 5.01 Å². The number of rotatable bonds is 2. The van der Waals surface area contributed by atoms with E-state index in [9.17, 15) is 4.79 Å². The lowest BCUT2D eigenvalue weighted by Crippen LogP contribution is -2.52. The Morgan fingerprint density at radius 2 is 2.22 bits per heavy atom. The summed E-state index contributed by atoms with van der Waals surface area (Å²) in [5.74, 6) is -0.270. The third-order valence-electron chi connectivity index (χ3n) is 2.42. The molecule has 1 amide bonds. The minimum absolute atomic E-state index is 0.270. The summed E-state index contributed by atoms with van der Waals surface area (Å²) in [6, 6.07) is 3.38. The molecule has 6 nitrogen and oxygen atoms in total. The van der Waals surface area contributed by atoms with Crippen LogP contribution in [0.5, 0.6) is 0 Å². The Balaban J connectivity index is 1.82. The van der Waals surface area contributed by atoms with Gasteiger partial charge in [-0.2, -0.15) is 0 Å². The van der Waals surface area contributed by atoms with Crippen LogP contribution in [-0.4, -0.2) is 47.3 Å². The molecule has 2 N–H and O–H groups in total. The number of nitrogens with one attached hydrogen (secondary N) is 2. The quantitative estimate of drug-likeness (QED) is 0.731. The van der Waals surface area contributed by atoms with E-state index in [1.807, 2.05) is 5.01 Å². The van der Waals surface area contributed by atoms with Crippen LogP contribution >= 0.6 is 12.2 Å². The highest BCUT2D eigenvalue weighted by Gasteiger charge is 2.13. The predicted octanol–water partition coefficient (Wildman–Crippen LogP) is -0.0669. The van der Waals surface area contributed by atoms with Crippen molar-refractivity contribution in [3.63, 3.8) is 0 Å². The minimum atomic E-state index is -0.270. The first kappa shape index (κ1) is 12.9. The molecule has 1 saturated heterocycles. The number of pyridine rings is 1. The maximum atomic E-state index is 11.8. The Labute approximate surface area is 110 Å². The van der Waals surface area contributed by atoms with Crippen molar-refractivity contribution in [2.24, 2.45) is 0 Å². The molecule has 2 rings (SSSR count). The highest BCUT2D eigenvalue weighted by Crippen LogP contribution is 1.96. The van der Waals surface area contributed by atoms with Gasteiger partial charge in [0.2, 0.25) is 0 Å². The molecule has 96 valence electrons. The van der Waals surface area contributed by atoms with E-state index in [4.69, 9.17) is 17.0 Å². The number of nitrogens with zero attached hydrogens (tertiary/aromatic N) is 2. The first-order valence-corrected chi connectivity index (χ1v) is 6.01. The van der Waals surface area contributed by atoms with Gasteiger partial charge >= 0.3 is 0 Å². The zero-order valence-electron chi connectivity index (χ0n) is 9.76. The molecule has 1 aliphatic heterocycles. The summed E-state index contributed by atoms with van der Waals surface area (Å²) in [6.45, 7) is 2.80. The fourth-order valence-electron chi connectivity index (χ4n) is 1.52. The number of thiocarbonyl (C=S) groups is 1. The molecule has 1 fully saturated rings. The lowest BCUT2D eigenvalue weighted by Gasteiger charge is -2.27. The van der Waals surface area contributed by atoms with E-state index in [0.717, 1.165) is 13.1 Å². The fourth-order valence-corrected chi connectivity index (χ4v) is 1.74. The second-order valence-corrected chi connectivity index (χ2v) is 4.14. The summed E-state index contributed by atoms with van der Waals surface area (Å²) in [6.07, 6.45) is 3.10. The van der Waals surface area contributed by atoms with Crippen molar-refractivity contribution in [3.8, 4) is 0 Å².